The smallest absolute Gasteiger partial charge is 0.433 e. The number of methoxy groups -OCH3 is 1. The molecule has 0 saturated heterocycles. The van der Waals surface area contributed by atoms with Gasteiger partial charge in [-0.1, -0.05) is 17.3 Å². The van der Waals surface area contributed by atoms with E-state index in [1.807, 2.05) is 13.0 Å². The molecule has 34 heavy (non-hydrogen) atoms. The normalized spacial score (nSPS) is 14.6. The van der Waals surface area contributed by atoms with Crippen LogP contribution in [0.4, 0.5) is 13.2 Å². The third kappa shape index (κ3) is 5.12. The maximum Gasteiger partial charge on any atom is 0.433 e. The number of alkyl halides is 3. The summed E-state index contributed by atoms with van der Waals surface area (Å²) < 4.78 is 60.2. The van der Waals surface area contributed by atoms with E-state index < -0.39 is 17.5 Å². The molecule has 0 bridgehead atoms. The number of halogens is 3. The lowest BCUT2D eigenvalue weighted by Gasteiger charge is -2.18. The zero-order chi connectivity index (χ0) is 24.7. The van der Waals surface area contributed by atoms with E-state index in [2.05, 4.69) is 10.3 Å². The number of aryl methyl sites for hydroxylation is 1. The Morgan fingerprint density at radius 1 is 1.21 bits per heavy atom. The third-order valence-electron chi connectivity index (χ3n) is 5.82. The van der Waals surface area contributed by atoms with Crippen molar-refractivity contribution in [3.8, 4) is 28.3 Å². The van der Waals surface area contributed by atoms with Crippen molar-refractivity contribution in [2.45, 2.75) is 71.1 Å². The Morgan fingerprint density at radius 2 is 1.94 bits per heavy atom. The van der Waals surface area contributed by atoms with Crippen LogP contribution in [0.25, 0.3) is 22.6 Å². The molecule has 1 N–H and O–H groups in total. The van der Waals surface area contributed by atoms with E-state index in [1.54, 1.807) is 19.2 Å². The number of nitrogens with zero attached hydrogens (tertiary/aromatic N) is 3. The molecule has 0 radical (unpaired) electrons. The lowest BCUT2D eigenvalue weighted by molar-refractivity contribution is -0.144. The van der Waals surface area contributed by atoms with Crippen LogP contribution in [0.3, 0.4) is 0 Å². The summed E-state index contributed by atoms with van der Waals surface area (Å²) in [6.45, 7) is 4.88. The first kappa shape index (κ1) is 24.3. The lowest BCUT2D eigenvalue weighted by Crippen LogP contribution is -2.24. The van der Waals surface area contributed by atoms with Crippen LogP contribution in [0, 0.1) is 6.92 Å². The van der Waals surface area contributed by atoms with Crippen LogP contribution < -0.4 is 4.74 Å². The molecule has 0 atom stereocenters. The van der Waals surface area contributed by atoms with Gasteiger partial charge in [0.2, 0.25) is 0 Å². The molecule has 4 rings (SSSR count). The number of ether oxygens (including phenoxy) is 2. The summed E-state index contributed by atoms with van der Waals surface area (Å²) >= 11 is 0. The lowest BCUT2D eigenvalue weighted by atomic mass is 9.99. The van der Waals surface area contributed by atoms with Crippen molar-refractivity contribution in [1.82, 2.24) is 14.9 Å². The van der Waals surface area contributed by atoms with E-state index in [0.717, 1.165) is 29.3 Å². The Hall–Kier alpha value is -2.85. The molecular formula is C24H28F3N3O4. The Kier molecular flexibility index (Phi) is 6.48. The molecule has 1 aromatic carbocycles. The van der Waals surface area contributed by atoms with Gasteiger partial charge in [-0.15, -0.1) is 0 Å². The summed E-state index contributed by atoms with van der Waals surface area (Å²) in [4.78, 5) is 0. The summed E-state index contributed by atoms with van der Waals surface area (Å²) in [6.07, 6.45) is -1.55. The highest BCUT2D eigenvalue weighted by molar-refractivity contribution is 5.76. The highest BCUT2D eigenvalue weighted by Crippen LogP contribution is 2.42. The van der Waals surface area contributed by atoms with Crippen LogP contribution >= 0.6 is 0 Å². The summed E-state index contributed by atoms with van der Waals surface area (Å²) in [5.41, 5.74) is 0.00876. The third-order valence-corrected chi connectivity index (χ3v) is 5.82. The van der Waals surface area contributed by atoms with Crippen LogP contribution in [0.5, 0.6) is 5.75 Å². The highest BCUT2D eigenvalue weighted by atomic mass is 19.4. The van der Waals surface area contributed by atoms with Gasteiger partial charge >= 0.3 is 6.18 Å². The number of aliphatic hydroxyl groups is 1. The summed E-state index contributed by atoms with van der Waals surface area (Å²) in [5.74, 6) is 0.603. The fourth-order valence-corrected chi connectivity index (χ4v) is 3.79. The standard InChI is InChI=1S/C24H28F3N3O4/c1-14-16(6-5-7-19(14)32-4)20-18(13-33-15-8-9-15)21(34-29-20)17-12-28-30(11-10-23(2,3)31)22(17)24(25,26)27/h5-7,12,15,31H,8-11,13H2,1-4H3. The van der Waals surface area contributed by atoms with Crippen molar-refractivity contribution in [2.24, 2.45) is 0 Å². The molecule has 0 spiro atoms. The Bertz CT molecular complexity index is 1160. The van der Waals surface area contributed by atoms with E-state index in [1.165, 1.54) is 13.8 Å². The second-order valence-electron chi connectivity index (χ2n) is 9.17. The molecule has 1 fully saturated rings. The first-order chi connectivity index (χ1) is 16.0. The highest BCUT2D eigenvalue weighted by Gasteiger charge is 2.41. The molecule has 0 unspecified atom stereocenters. The summed E-state index contributed by atoms with van der Waals surface area (Å²) in [7, 11) is 1.55. The van der Waals surface area contributed by atoms with Gasteiger partial charge < -0.3 is 19.1 Å². The monoisotopic (exact) mass is 479 g/mol. The van der Waals surface area contributed by atoms with Crippen LogP contribution in [0.2, 0.25) is 0 Å². The molecule has 0 aliphatic heterocycles. The van der Waals surface area contributed by atoms with E-state index in [0.29, 0.717) is 22.6 Å². The van der Waals surface area contributed by atoms with Crippen molar-refractivity contribution in [3.05, 3.63) is 41.2 Å². The van der Waals surface area contributed by atoms with E-state index >= 15 is 0 Å². The summed E-state index contributed by atoms with van der Waals surface area (Å²) in [6, 6.07) is 5.41. The van der Waals surface area contributed by atoms with Gasteiger partial charge in [0.25, 0.3) is 0 Å². The number of benzene rings is 1. The van der Waals surface area contributed by atoms with Gasteiger partial charge in [0.1, 0.15) is 11.4 Å². The van der Waals surface area contributed by atoms with Crippen molar-refractivity contribution in [3.63, 3.8) is 0 Å². The van der Waals surface area contributed by atoms with Crippen LogP contribution in [0.15, 0.2) is 28.9 Å². The number of hydrogen-bond donors (Lipinski definition) is 1. The fraction of sp³-hybridized carbons (Fsp3) is 0.500. The second kappa shape index (κ2) is 9.07. The van der Waals surface area contributed by atoms with Gasteiger partial charge in [-0.2, -0.15) is 18.3 Å². The van der Waals surface area contributed by atoms with Crippen molar-refractivity contribution >= 4 is 0 Å². The molecule has 1 saturated carbocycles. The van der Waals surface area contributed by atoms with Crippen LogP contribution in [-0.4, -0.2) is 38.9 Å². The SMILES string of the molecule is COc1cccc(-c2noc(-c3cnn(CCC(C)(C)O)c3C(F)(F)F)c2COC2CC2)c1C. The van der Waals surface area contributed by atoms with Crippen molar-refractivity contribution in [2.75, 3.05) is 7.11 Å². The van der Waals surface area contributed by atoms with Gasteiger partial charge in [-0.3, -0.25) is 4.68 Å². The Labute approximate surface area is 195 Å². The minimum atomic E-state index is -4.70. The van der Waals surface area contributed by atoms with Gasteiger partial charge in [0, 0.05) is 17.7 Å². The predicted molar refractivity (Wildman–Crippen MR) is 118 cm³/mol. The zero-order valence-electron chi connectivity index (χ0n) is 19.6. The van der Waals surface area contributed by atoms with E-state index in [4.69, 9.17) is 14.0 Å². The molecule has 3 aromatic rings. The minimum absolute atomic E-state index is 0.0281. The zero-order valence-corrected chi connectivity index (χ0v) is 19.6. The Morgan fingerprint density at radius 3 is 2.56 bits per heavy atom. The molecule has 1 aliphatic carbocycles. The van der Waals surface area contributed by atoms with Gasteiger partial charge in [-0.25, -0.2) is 0 Å². The maximum atomic E-state index is 14.2. The van der Waals surface area contributed by atoms with Gasteiger partial charge in [0.15, 0.2) is 11.5 Å². The van der Waals surface area contributed by atoms with Gasteiger partial charge in [0.05, 0.1) is 42.7 Å². The average Bonchev–Trinajstić information content (AvgIpc) is 3.32. The topological polar surface area (TPSA) is 82.5 Å². The molecule has 7 nitrogen and oxygen atoms in total. The Balaban J connectivity index is 1.82. The molecular weight excluding hydrogens is 451 g/mol. The fourth-order valence-electron chi connectivity index (χ4n) is 3.79. The van der Waals surface area contributed by atoms with Crippen molar-refractivity contribution in [1.29, 1.82) is 0 Å². The number of hydrogen-bond acceptors (Lipinski definition) is 6. The first-order valence-electron chi connectivity index (χ1n) is 11.1. The minimum Gasteiger partial charge on any atom is -0.496 e. The summed E-state index contributed by atoms with van der Waals surface area (Å²) in [5, 5.41) is 18.1. The molecule has 10 heteroatoms. The van der Waals surface area contributed by atoms with Gasteiger partial charge in [-0.05, 0) is 46.1 Å². The largest absolute Gasteiger partial charge is 0.496 e. The van der Waals surface area contributed by atoms with E-state index in [9.17, 15) is 18.3 Å². The first-order valence-corrected chi connectivity index (χ1v) is 11.1. The molecule has 0 amide bonds. The molecule has 1 aliphatic rings. The van der Waals surface area contributed by atoms with Crippen LogP contribution in [0.1, 0.15) is 49.9 Å². The number of aromatic nitrogens is 3. The quantitative estimate of drug-likeness (QED) is 0.444. The average molecular weight is 479 g/mol. The molecule has 2 heterocycles. The predicted octanol–water partition coefficient (Wildman–Crippen LogP) is 5.38. The number of rotatable bonds is 9. The molecule has 184 valence electrons. The van der Waals surface area contributed by atoms with Crippen molar-refractivity contribution < 1.29 is 32.3 Å². The maximum absolute atomic E-state index is 14.2. The molecule has 2 aromatic heterocycles. The van der Waals surface area contributed by atoms with E-state index in [-0.39, 0.29) is 37.0 Å². The van der Waals surface area contributed by atoms with Crippen LogP contribution in [-0.2, 0) is 24.1 Å². The second-order valence-corrected chi connectivity index (χ2v) is 9.17.